The summed E-state index contributed by atoms with van der Waals surface area (Å²) in [6.45, 7) is 0. The zero-order valence-corrected chi connectivity index (χ0v) is 10.7. The molecule has 0 aliphatic carbocycles. The van der Waals surface area contributed by atoms with Gasteiger partial charge in [0, 0.05) is 21.2 Å². The van der Waals surface area contributed by atoms with Crippen molar-refractivity contribution in [3.63, 3.8) is 0 Å². The molecule has 1 heterocycles. The molecule has 2 aromatic carbocycles. The van der Waals surface area contributed by atoms with E-state index in [1.807, 2.05) is 12.1 Å². The van der Waals surface area contributed by atoms with Crippen molar-refractivity contribution in [3.05, 3.63) is 35.4 Å². The molecule has 0 saturated heterocycles. The number of anilines is 1. The monoisotopic (exact) mass is 263 g/mol. The molecule has 0 atom stereocenters. The average molecular weight is 264 g/mol. The van der Waals surface area contributed by atoms with Gasteiger partial charge in [-0.15, -0.1) is 11.3 Å². The Morgan fingerprint density at radius 2 is 2.06 bits per heavy atom. The molecule has 1 aromatic heterocycles. The van der Waals surface area contributed by atoms with Crippen molar-refractivity contribution < 1.29 is 4.74 Å². The van der Waals surface area contributed by atoms with Gasteiger partial charge >= 0.3 is 0 Å². The van der Waals surface area contributed by atoms with Crippen LogP contribution in [0.4, 0.5) is 5.69 Å². The van der Waals surface area contributed by atoms with E-state index in [2.05, 4.69) is 12.1 Å². The third-order valence-corrected chi connectivity index (χ3v) is 4.24. The Morgan fingerprint density at radius 3 is 2.82 bits per heavy atom. The molecule has 0 bridgehead atoms. The fourth-order valence-corrected chi connectivity index (χ4v) is 3.67. The van der Waals surface area contributed by atoms with Gasteiger partial charge < -0.3 is 10.5 Å². The standard InChI is InChI=1S/C13H10ClNOS/c1-16-12-8(14)6-9(15)11-7-4-2-3-5-10(7)17-13(11)12/h2-6H,15H2,1H3. The second kappa shape index (κ2) is 3.79. The van der Waals surface area contributed by atoms with Crippen LogP contribution in [0.15, 0.2) is 30.3 Å². The van der Waals surface area contributed by atoms with Gasteiger partial charge in [-0.1, -0.05) is 29.8 Å². The average Bonchev–Trinajstić information content (AvgIpc) is 2.68. The molecule has 0 unspecified atom stereocenters. The summed E-state index contributed by atoms with van der Waals surface area (Å²) in [7, 11) is 1.63. The fourth-order valence-electron chi connectivity index (χ4n) is 2.06. The molecule has 17 heavy (non-hydrogen) atoms. The number of nitrogen functional groups attached to an aromatic ring is 1. The number of methoxy groups -OCH3 is 1. The number of rotatable bonds is 1. The summed E-state index contributed by atoms with van der Waals surface area (Å²) < 4.78 is 7.57. The topological polar surface area (TPSA) is 35.2 Å². The molecule has 0 spiro atoms. The first-order valence-corrected chi connectivity index (χ1v) is 6.35. The van der Waals surface area contributed by atoms with Crippen molar-refractivity contribution in [1.82, 2.24) is 0 Å². The van der Waals surface area contributed by atoms with E-state index in [0.717, 1.165) is 15.5 Å². The Labute approximate surface area is 108 Å². The van der Waals surface area contributed by atoms with Gasteiger partial charge in [-0.05, 0) is 12.1 Å². The van der Waals surface area contributed by atoms with E-state index in [0.29, 0.717) is 16.5 Å². The lowest BCUT2D eigenvalue weighted by Gasteiger charge is -2.06. The minimum absolute atomic E-state index is 0.559. The summed E-state index contributed by atoms with van der Waals surface area (Å²) in [5.41, 5.74) is 6.76. The lowest BCUT2D eigenvalue weighted by molar-refractivity contribution is 0.421. The summed E-state index contributed by atoms with van der Waals surface area (Å²) in [6.07, 6.45) is 0. The van der Waals surface area contributed by atoms with Gasteiger partial charge in [-0.2, -0.15) is 0 Å². The molecule has 4 heteroatoms. The second-order valence-electron chi connectivity index (χ2n) is 3.78. The zero-order chi connectivity index (χ0) is 12.0. The minimum Gasteiger partial charge on any atom is -0.494 e. The lowest BCUT2D eigenvalue weighted by atomic mass is 10.1. The highest BCUT2D eigenvalue weighted by Gasteiger charge is 2.15. The maximum atomic E-state index is 6.14. The van der Waals surface area contributed by atoms with Crippen molar-refractivity contribution >= 4 is 48.8 Å². The number of nitrogens with two attached hydrogens (primary N) is 1. The second-order valence-corrected chi connectivity index (χ2v) is 5.24. The molecule has 86 valence electrons. The molecule has 3 aromatic rings. The van der Waals surface area contributed by atoms with Crippen LogP contribution in [0, 0.1) is 0 Å². The summed E-state index contributed by atoms with van der Waals surface area (Å²) in [4.78, 5) is 0. The van der Waals surface area contributed by atoms with E-state index < -0.39 is 0 Å². The highest BCUT2D eigenvalue weighted by molar-refractivity contribution is 7.26. The van der Waals surface area contributed by atoms with Crippen molar-refractivity contribution in [1.29, 1.82) is 0 Å². The third kappa shape index (κ3) is 1.47. The first kappa shape index (κ1) is 10.7. The van der Waals surface area contributed by atoms with Crippen molar-refractivity contribution in [2.45, 2.75) is 0 Å². The van der Waals surface area contributed by atoms with E-state index in [-0.39, 0.29) is 0 Å². The fraction of sp³-hybridized carbons (Fsp3) is 0.0769. The van der Waals surface area contributed by atoms with Crippen LogP contribution < -0.4 is 10.5 Å². The predicted octanol–water partition coefficient (Wildman–Crippen LogP) is 4.30. The molecular formula is C13H10ClNOS. The van der Waals surface area contributed by atoms with E-state index >= 15 is 0 Å². The first-order valence-electron chi connectivity index (χ1n) is 5.15. The number of ether oxygens (including phenoxy) is 1. The Kier molecular flexibility index (Phi) is 2.38. The number of thiophene rings is 1. The lowest BCUT2D eigenvalue weighted by Crippen LogP contribution is -1.89. The van der Waals surface area contributed by atoms with Crippen LogP contribution >= 0.6 is 22.9 Å². The molecule has 2 N–H and O–H groups in total. The Hall–Kier alpha value is -1.45. The van der Waals surface area contributed by atoms with Gasteiger partial charge in [-0.25, -0.2) is 0 Å². The molecule has 0 aliphatic rings. The van der Waals surface area contributed by atoms with Crippen LogP contribution in [0.2, 0.25) is 5.02 Å². The molecule has 3 rings (SSSR count). The van der Waals surface area contributed by atoms with Crippen molar-refractivity contribution in [3.8, 4) is 5.75 Å². The zero-order valence-electron chi connectivity index (χ0n) is 9.16. The number of hydrogen-bond donors (Lipinski definition) is 1. The van der Waals surface area contributed by atoms with Crippen LogP contribution in [0.25, 0.3) is 20.2 Å². The van der Waals surface area contributed by atoms with Gasteiger partial charge in [0.2, 0.25) is 0 Å². The Morgan fingerprint density at radius 1 is 1.29 bits per heavy atom. The van der Waals surface area contributed by atoms with E-state index in [1.54, 1.807) is 24.5 Å². The number of fused-ring (bicyclic) bond motifs is 3. The Balaban J connectivity index is 2.59. The van der Waals surface area contributed by atoms with Gasteiger partial charge in [0.1, 0.15) is 0 Å². The molecule has 0 radical (unpaired) electrons. The number of halogens is 1. The van der Waals surface area contributed by atoms with Gasteiger partial charge in [0.25, 0.3) is 0 Å². The van der Waals surface area contributed by atoms with Crippen LogP contribution in [0.5, 0.6) is 5.75 Å². The highest BCUT2D eigenvalue weighted by atomic mass is 35.5. The molecular weight excluding hydrogens is 254 g/mol. The molecule has 0 amide bonds. The maximum absolute atomic E-state index is 6.14. The quantitative estimate of drug-likeness (QED) is 0.665. The first-order chi connectivity index (χ1) is 8.22. The molecule has 2 nitrogen and oxygen atoms in total. The van der Waals surface area contributed by atoms with Crippen LogP contribution in [0.1, 0.15) is 0 Å². The van der Waals surface area contributed by atoms with E-state index in [1.165, 1.54) is 4.70 Å². The minimum atomic E-state index is 0.559. The molecule has 0 saturated carbocycles. The maximum Gasteiger partial charge on any atom is 0.155 e. The largest absolute Gasteiger partial charge is 0.494 e. The third-order valence-electron chi connectivity index (χ3n) is 2.79. The smallest absolute Gasteiger partial charge is 0.155 e. The van der Waals surface area contributed by atoms with Gasteiger partial charge in [0.15, 0.2) is 5.75 Å². The van der Waals surface area contributed by atoms with Crippen LogP contribution in [-0.2, 0) is 0 Å². The molecule has 0 aliphatic heterocycles. The SMILES string of the molecule is COc1c(Cl)cc(N)c2c1sc1ccccc12. The van der Waals surface area contributed by atoms with Crippen LogP contribution in [0.3, 0.4) is 0 Å². The highest BCUT2D eigenvalue weighted by Crippen LogP contribution is 2.45. The van der Waals surface area contributed by atoms with E-state index in [9.17, 15) is 0 Å². The summed E-state index contributed by atoms with van der Waals surface area (Å²) in [5, 5.41) is 2.75. The van der Waals surface area contributed by atoms with Crippen molar-refractivity contribution in [2.75, 3.05) is 12.8 Å². The summed E-state index contributed by atoms with van der Waals surface area (Å²) in [5.74, 6) is 0.706. The van der Waals surface area contributed by atoms with Gasteiger partial charge in [0.05, 0.1) is 16.8 Å². The summed E-state index contributed by atoms with van der Waals surface area (Å²) in [6, 6.07) is 9.92. The number of hydrogen-bond acceptors (Lipinski definition) is 3. The van der Waals surface area contributed by atoms with Gasteiger partial charge in [-0.3, -0.25) is 0 Å². The predicted molar refractivity (Wildman–Crippen MR) is 75.3 cm³/mol. The van der Waals surface area contributed by atoms with Crippen LogP contribution in [-0.4, -0.2) is 7.11 Å². The normalized spacial score (nSPS) is 11.2. The molecule has 0 fully saturated rings. The Bertz CT molecular complexity index is 720. The number of benzene rings is 2. The van der Waals surface area contributed by atoms with E-state index in [4.69, 9.17) is 22.1 Å². The van der Waals surface area contributed by atoms with Crippen molar-refractivity contribution in [2.24, 2.45) is 0 Å². The summed E-state index contributed by atoms with van der Waals surface area (Å²) >= 11 is 7.79.